The Morgan fingerprint density at radius 2 is 1.48 bits per heavy atom. The minimum atomic E-state index is 0.0174. The Balaban J connectivity index is 1.96. The second-order valence-corrected chi connectivity index (χ2v) is 5.58. The van der Waals surface area contributed by atoms with Crippen molar-refractivity contribution >= 4 is 11.6 Å². The molecule has 1 amide bonds. The molecule has 0 unspecified atom stereocenters. The summed E-state index contributed by atoms with van der Waals surface area (Å²) < 4.78 is 0. The number of rotatable bonds is 4. The molecule has 0 aliphatic rings. The van der Waals surface area contributed by atoms with E-state index in [1.165, 1.54) is 0 Å². The minimum absolute atomic E-state index is 0.0174. The molecule has 23 heavy (non-hydrogen) atoms. The van der Waals surface area contributed by atoms with E-state index in [1.54, 1.807) is 0 Å². The molecule has 0 spiro atoms. The largest absolute Gasteiger partial charge is 0.304 e. The van der Waals surface area contributed by atoms with Gasteiger partial charge in [0.1, 0.15) is 0 Å². The molecule has 0 N–H and O–H groups in total. The highest BCUT2D eigenvalue weighted by molar-refractivity contribution is 6.06. The Kier molecular flexibility index (Phi) is 4.53. The molecule has 0 fully saturated rings. The summed E-state index contributed by atoms with van der Waals surface area (Å²) in [6, 6.07) is 27.6. The van der Waals surface area contributed by atoms with Gasteiger partial charge in [-0.2, -0.15) is 0 Å². The molecule has 0 saturated carbocycles. The van der Waals surface area contributed by atoms with Gasteiger partial charge in [-0.15, -0.1) is 0 Å². The SMILES string of the molecule is Cc1cccc(C(=O)N(Cc2ccccc2)c2ccccc2)c1. The molecule has 3 rings (SSSR count). The van der Waals surface area contributed by atoms with Gasteiger partial charge in [-0.05, 0) is 36.8 Å². The first-order valence-corrected chi connectivity index (χ1v) is 7.71. The van der Waals surface area contributed by atoms with E-state index < -0.39 is 0 Å². The summed E-state index contributed by atoms with van der Waals surface area (Å²) >= 11 is 0. The molecule has 0 heterocycles. The van der Waals surface area contributed by atoms with E-state index >= 15 is 0 Å². The Hall–Kier alpha value is -2.87. The molecule has 0 aliphatic heterocycles. The third kappa shape index (κ3) is 3.67. The molecule has 114 valence electrons. The lowest BCUT2D eigenvalue weighted by Gasteiger charge is -2.23. The molecular weight excluding hydrogens is 282 g/mol. The van der Waals surface area contributed by atoms with Crippen LogP contribution in [0.3, 0.4) is 0 Å². The zero-order valence-electron chi connectivity index (χ0n) is 13.1. The van der Waals surface area contributed by atoms with Crippen LogP contribution in [-0.2, 0) is 6.54 Å². The first-order chi connectivity index (χ1) is 11.2. The fraction of sp³-hybridized carbons (Fsp3) is 0.0952. The maximum atomic E-state index is 13.0. The van der Waals surface area contributed by atoms with Crippen LogP contribution < -0.4 is 4.90 Å². The number of benzene rings is 3. The van der Waals surface area contributed by atoms with Crippen LogP contribution >= 0.6 is 0 Å². The van der Waals surface area contributed by atoms with Crippen LogP contribution in [0.1, 0.15) is 21.5 Å². The topological polar surface area (TPSA) is 20.3 Å². The number of hydrogen-bond donors (Lipinski definition) is 0. The molecule has 2 heteroatoms. The Labute approximate surface area is 137 Å². The second-order valence-electron chi connectivity index (χ2n) is 5.58. The van der Waals surface area contributed by atoms with E-state index in [2.05, 4.69) is 0 Å². The van der Waals surface area contributed by atoms with Crippen molar-refractivity contribution in [3.63, 3.8) is 0 Å². The molecular formula is C21H19NO. The monoisotopic (exact) mass is 301 g/mol. The fourth-order valence-electron chi connectivity index (χ4n) is 2.59. The van der Waals surface area contributed by atoms with Crippen LogP contribution in [-0.4, -0.2) is 5.91 Å². The van der Waals surface area contributed by atoms with Crippen molar-refractivity contribution in [2.45, 2.75) is 13.5 Å². The van der Waals surface area contributed by atoms with Gasteiger partial charge < -0.3 is 4.90 Å². The zero-order chi connectivity index (χ0) is 16.1. The number of aryl methyl sites for hydroxylation is 1. The van der Waals surface area contributed by atoms with E-state index in [9.17, 15) is 4.79 Å². The van der Waals surface area contributed by atoms with Crippen LogP contribution in [0.2, 0.25) is 0 Å². The number of anilines is 1. The lowest BCUT2D eigenvalue weighted by molar-refractivity contribution is 0.0985. The van der Waals surface area contributed by atoms with Crippen molar-refractivity contribution < 1.29 is 4.79 Å². The van der Waals surface area contributed by atoms with Crippen molar-refractivity contribution in [3.8, 4) is 0 Å². The third-order valence-corrected chi connectivity index (χ3v) is 3.76. The maximum absolute atomic E-state index is 13.0. The van der Waals surface area contributed by atoms with Crippen molar-refractivity contribution in [1.29, 1.82) is 0 Å². The molecule has 0 aromatic heterocycles. The molecule has 3 aromatic carbocycles. The Morgan fingerprint density at radius 3 is 2.13 bits per heavy atom. The van der Waals surface area contributed by atoms with Crippen LogP contribution in [0.25, 0.3) is 0 Å². The highest BCUT2D eigenvalue weighted by atomic mass is 16.2. The van der Waals surface area contributed by atoms with Crippen LogP contribution in [0.15, 0.2) is 84.9 Å². The molecule has 2 nitrogen and oxygen atoms in total. The number of hydrogen-bond acceptors (Lipinski definition) is 1. The summed E-state index contributed by atoms with van der Waals surface area (Å²) in [6.07, 6.45) is 0. The molecule has 0 bridgehead atoms. The van der Waals surface area contributed by atoms with Gasteiger partial charge in [-0.25, -0.2) is 0 Å². The summed E-state index contributed by atoms with van der Waals surface area (Å²) in [6.45, 7) is 2.55. The van der Waals surface area contributed by atoms with E-state index in [4.69, 9.17) is 0 Å². The van der Waals surface area contributed by atoms with Gasteiger partial charge in [0, 0.05) is 11.3 Å². The lowest BCUT2D eigenvalue weighted by Crippen LogP contribution is -2.30. The molecule has 0 radical (unpaired) electrons. The number of carbonyl (C=O) groups is 1. The van der Waals surface area contributed by atoms with E-state index in [1.807, 2.05) is 96.8 Å². The van der Waals surface area contributed by atoms with Gasteiger partial charge in [-0.3, -0.25) is 4.79 Å². The van der Waals surface area contributed by atoms with Crippen LogP contribution in [0.4, 0.5) is 5.69 Å². The van der Waals surface area contributed by atoms with Gasteiger partial charge in [0.25, 0.3) is 5.91 Å². The standard InChI is InChI=1S/C21H19NO/c1-17-9-8-12-19(15-17)21(23)22(20-13-6-3-7-14-20)16-18-10-4-2-5-11-18/h2-15H,16H2,1H3. The maximum Gasteiger partial charge on any atom is 0.258 e. The Morgan fingerprint density at radius 1 is 0.826 bits per heavy atom. The lowest BCUT2D eigenvalue weighted by atomic mass is 10.1. The molecule has 0 aliphatic carbocycles. The molecule has 3 aromatic rings. The van der Waals surface area contributed by atoms with E-state index in [0.29, 0.717) is 12.1 Å². The van der Waals surface area contributed by atoms with Gasteiger partial charge in [0.2, 0.25) is 0 Å². The summed E-state index contributed by atoms with van der Waals surface area (Å²) in [5.74, 6) is 0.0174. The van der Waals surface area contributed by atoms with Gasteiger partial charge >= 0.3 is 0 Å². The minimum Gasteiger partial charge on any atom is -0.304 e. The number of amides is 1. The van der Waals surface area contributed by atoms with Crippen LogP contribution in [0, 0.1) is 6.92 Å². The zero-order valence-corrected chi connectivity index (χ0v) is 13.1. The van der Waals surface area contributed by atoms with Crippen LogP contribution in [0.5, 0.6) is 0 Å². The summed E-state index contributed by atoms with van der Waals surface area (Å²) in [5, 5.41) is 0. The summed E-state index contributed by atoms with van der Waals surface area (Å²) in [4.78, 5) is 14.9. The second kappa shape index (κ2) is 6.93. The number of para-hydroxylation sites is 1. The fourth-order valence-corrected chi connectivity index (χ4v) is 2.59. The van der Waals surface area contributed by atoms with Gasteiger partial charge in [0.05, 0.1) is 6.54 Å². The quantitative estimate of drug-likeness (QED) is 0.675. The highest BCUT2D eigenvalue weighted by Gasteiger charge is 2.18. The van der Waals surface area contributed by atoms with Gasteiger partial charge in [-0.1, -0.05) is 66.2 Å². The number of carbonyl (C=O) groups excluding carboxylic acids is 1. The average Bonchev–Trinajstić information content (AvgIpc) is 2.61. The van der Waals surface area contributed by atoms with E-state index in [-0.39, 0.29) is 5.91 Å². The first-order valence-electron chi connectivity index (χ1n) is 7.71. The molecule has 0 atom stereocenters. The van der Waals surface area contributed by atoms with Crippen molar-refractivity contribution in [3.05, 3.63) is 102 Å². The molecule has 0 saturated heterocycles. The normalized spacial score (nSPS) is 10.3. The average molecular weight is 301 g/mol. The van der Waals surface area contributed by atoms with Gasteiger partial charge in [0.15, 0.2) is 0 Å². The highest BCUT2D eigenvalue weighted by Crippen LogP contribution is 2.20. The summed E-state index contributed by atoms with van der Waals surface area (Å²) in [5.41, 5.74) is 3.81. The first kappa shape index (κ1) is 15.0. The predicted molar refractivity (Wildman–Crippen MR) is 94.6 cm³/mol. The summed E-state index contributed by atoms with van der Waals surface area (Å²) in [7, 11) is 0. The van der Waals surface area contributed by atoms with Crippen molar-refractivity contribution in [2.24, 2.45) is 0 Å². The Bertz CT molecular complexity index is 781. The van der Waals surface area contributed by atoms with E-state index in [0.717, 1.165) is 16.8 Å². The number of nitrogens with zero attached hydrogens (tertiary/aromatic N) is 1. The smallest absolute Gasteiger partial charge is 0.258 e. The third-order valence-electron chi connectivity index (χ3n) is 3.76. The van der Waals surface area contributed by atoms with Crippen molar-refractivity contribution in [1.82, 2.24) is 0 Å². The van der Waals surface area contributed by atoms with Crippen molar-refractivity contribution in [2.75, 3.05) is 4.90 Å². The predicted octanol–water partition coefficient (Wildman–Crippen LogP) is 4.84.